The van der Waals surface area contributed by atoms with Gasteiger partial charge in [-0.15, -0.1) is 0 Å². The Morgan fingerprint density at radius 2 is 2.06 bits per heavy atom. The second-order valence-electron chi connectivity index (χ2n) is 3.65. The van der Waals surface area contributed by atoms with Crippen molar-refractivity contribution in [3.8, 4) is 0 Å². The minimum absolute atomic E-state index is 0.000324. The first-order chi connectivity index (χ1) is 7.90. The number of carbonyl (C=O) groups is 2. The molecule has 1 amide bonds. The highest BCUT2D eigenvalue weighted by atomic mass is 16.5. The summed E-state index contributed by atoms with van der Waals surface area (Å²) in [4.78, 5) is 24.6. The summed E-state index contributed by atoms with van der Waals surface area (Å²) < 4.78 is 5.83. The summed E-state index contributed by atoms with van der Waals surface area (Å²) in [6, 6.07) is -0.416. The van der Waals surface area contributed by atoms with Crippen molar-refractivity contribution >= 4 is 17.8 Å². The molecular weight excluding hydrogens is 224 g/mol. The fourth-order valence-corrected chi connectivity index (χ4v) is 1.34. The van der Waals surface area contributed by atoms with Crippen molar-refractivity contribution in [2.45, 2.75) is 13.8 Å². The number of nitrogens with two attached hydrogens (primary N) is 1. The third kappa shape index (κ3) is 2.38. The summed E-state index contributed by atoms with van der Waals surface area (Å²) in [5, 5.41) is 3.93. The topological polar surface area (TPSA) is 90.4 Å². The van der Waals surface area contributed by atoms with Crippen LogP contribution in [0, 0.1) is 6.92 Å². The van der Waals surface area contributed by atoms with E-state index in [9.17, 15) is 9.59 Å². The van der Waals surface area contributed by atoms with Crippen LogP contribution in [-0.4, -0.2) is 47.4 Å². The summed E-state index contributed by atoms with van der Waals surface area (Å²) in [6.45, 7) is 3.53. The second kappa shape index (κ2) is 4.86. The lowest BCUT2D eigenvalue weighted by molar-refractivity contribution is 0.0527. The highest BCUT2D eigenvalue weighted by Gasteiger charge is 2.24. The molecule has 1 aromatic heterocycles. The van der Waals surface area contributed by atoms with Crippen molar-refractivity contribution < 1.29 is 14.3 Å². The van der Waals surface area contributed by atoms with Gasteiger partial charge in [-0.1, -0.05) is 0 Å². The maximum Gasteiger partial charge on any atom is 0.346 e. The standard InChI is InChI=1S/C10H16N4O3/c1-5-17-9(15)7-6(2)12-14(8(7)11)10(16)13(3)4/h5,11H2,1-4H3. The van der Waals surface area contributed by atoms with Crippen molar-refractivity contribution in [1.29, 1.82) is 0 Å². The van der Waals surface area contributed by atoms with Crippen LogP contribution >= 0.6 is 0 Å². The quantitative estimate of drug-likeness (QED) is 0.759. The van der Waals surface area contributed by atoms with Gasteiger partial charge in [0.1, 0.15) is 11.4 Å². The highest BCUT2D eigenvalue weighted by Crippen LogP contribution is 2.17. The normalized spacial score (nSPS) is 10.1. The van der Waals surface area contributed by atoms with Gasteiger partial charge in [-0.3, -0.25) is 0 Å². The first-order valence-corrected chi connectivity index (χ1v) is 5.14. The summed E-state index contributed by atoms with van der Waals surface area (Å²) in [5.74, 6) is -0.569. The molecule has 2 N–H and O–H groups in total. The Balaban J connectivity index is 3.19. The molecule has 0 spiro atoms. The zero-order valence-electron chi connectivity index (χ0n) is 10.4. The Morgan fingerprint density at radius 1 is 1.47 bits per heavy atom. The Hall–Kier alpha value is -2.05. The lowest BCUT2D eigenvalue weighted by Crippen LogP contribution is -2.29. The monoisotopic (exact) mass is 240 g/mol. The minimum atomic E-state index is -0.569. The van der Waals surface area contributed by atoms with Gasteiger partial charge in [-0.2, -0.15) is 9.78 Å². The van der Waals surface area contributed by atoms with Crippen LogP contribution in [0.25, 0.3) is 0 Å². The molecule has 0 fully saturated rings. The van der Waals surface area contributed by atoms with E-state index in [0.29, 0.717) is 5.69 Å². The maximum absolute atomic E-state index is 11.7. The molecule has 1 aromatic rings. The van der Waals surface area contributed by atoms with Gasteiger partial charge in [0.2, 0.25) is 0 Å². The number of hydrogen-bond acceptors (Lipinski definition) is 5. The van der Waals surface area contributed by atoms with Crippen LogP contribution in [0.15, 0.2) is 0 Å². The molecule has 0 aliphatic carbocycles. The molecular formula is C10H16N4O3. The van der Waals surface area contributed by atoms with E-state index in [1.165, 1.54) is 4.90 Å². The molecule has 1 heterocycles. The highest BCUT2D eigenvalue weighted by molar-refractivity contribution is 5.97. The molecule has 0 aliphatic heterocycles. The van der Waals surface area contributed by atoms with Crippen molar-refractivity contribution in [1.82, 2.24) is 14.7 Å². The Bertz CT molecular complexity index is 451. The number of ether oxygens (including phenoxy) is 1. The Labute approximate surface area is 99.1 Å². The van der Waals surface area contributed by atoms with Crippen LogP contribution < -0.4 is 5.73 Å². The van der Waals surface area contributed by atoms with Crippen LogP contribution in [-0.2, 0) is 4.74 Å². The van der Waals surface area contributed by atoms with Crippen LogP contribution in [0.4, 0.5) is 10.6 Å². The van der Waals surface area contributed by atoms with E-state index >= 15 is 0 Å². The number of amides is 1. The minimum Gasteiger partial charge on any atom is -0.462 e. The smallest absolute Gasteiger partial charge is 0.346 e. The van der Waals surface area contributed by atoms with E-state index in [-0.39, 0.29) is 18.0 Å². The lowest BCUT2D eigenvalue weighted by atomic mass is 10.2. The average Bonchev–Trinajstić information content (AvgIpc) is 2.53. The van der Waals surface area contributed by atoms with Gasteiger partial charge in [0.15, 0.2) is 0 Å². The number of anilines is 1. The zero-order chi connectivity index (χ0) is 13.2. The van der Waals surface area contributed by atoms with Crippen molar-refractivity contribution in [3.05, 3.63) is 11.3 Å². The molecule has 17 heavy (non-hydrogen) atoms. The Morgan fingerprint density at radius 3 is 2.53 bits per heavy atom. The number of aryl methyl sites for hydroxylation is 1. The van der Waals surface area contributed by atoms with Crippen LogP contribution in [0.5, 0.6) is 0 Å². The number of rotatable bonds is 2. The number of carbonyl (C=O) groups excluding carboxylic acids is 2. The van der Waals surface area contributed by atoms with E-state index < -0.39 is 12.0 Å². The van der Waals surface area contributed by atoms with E-state index in [2.05, 4.69) is 5.10 Å². The van der Waals surface area contributed by atoms with Gasteiger partial charge >= 0.3 is 12.0 Å². The molecule has 7 nitrogen and oxygen atoms in total. The third-order valence-electron chi connectivity index (χ3n) is 2.14. The number of aromatic nitrogens is 2. The molecule has 7 heteroatoms. The average molecular weight is 240 g/mol. The SMILES string of the molecule is CCOC(=O)c1c(C)nn(C(=O)N(C)C)c1N. The molecule has 0 radical (unpaired) electrons. The molecule has 0 unspecified atom stereocenters. The lowest BCUT2D eigenvalue weighted by Gasteiger charge is -2.10. The molecule has 1 rings (SSSR count). The van der Waals surface area contributed by atoms with E-state index in [4.69, 9.17) is 10.5 Å². The first-order valence-electron chi connectivity index (χ1n) is 5.14. The maximum atomic E-state index is 11.7. The van der Waals surface area contributed by atoms with Crippen molar-refractivity contribution in [2.24, 2.45) is 0 Å². The van der Waals surface area contributed by atoms with Gasteiger partial charge in [0.25, 0.3) is 0 Å². The number of hydrogen-bond donors (Lipinski definition) is 1. The van der Waals surface area contributed by atoms with E-state index in [1.54, 1.807) is 27.9 Å². The predicted molar refractivity (Wildman–Crippen MR) is 61.8 cm³/mol. The van der Waals surface area contributed by atoms with Gasteiger partial charge in [0.05, 0.1) is 12.3 Å². The first kappa shape index (κ1) is 13.0. The van der Waals surface area contributed by atoms with Crippen molar-refractivity contribution in [3.63, 3.8) is 0 Å². The Kier molecular flexibility index (Phi) is 3.72. The van der Waals surface area contributed by atoms with E-state index in [1.807, 2.05) is 0 Å². The number of nitrogen functional groups attached to an aromatic ring is 1. The van der Waals surface area contributed by atoms with Crippen molar-refractivity contribution in [2.75, 3.05) is 26.4 Å². The number of esters is 1. The van der Waals surface area contributed by atoms with E-state index in [0.717, 1.165) is 4.68 Å². The molecule has 0 bridgehead atoms. The molecule has 0 aromatic carbocycles. The molecule has 0 atom stereocenters. The third-order valence-corrected chi connectivity index (χ3v) is 2.14. The summed E-state index contributed by atoms with van der Waals surface area (Å²) >= 11 is 0. The molecule has 0 saturated carbocycles. The summed E-state index contributed by atoms with van der Waals surface area (Å²) in [5.41, 5.74) is 6.24. The van der Waals surface area contributed by atoms with Crippen LogP contribution in [0.1, 0.15) is 23.0 Å². The van der Waals surface area contributed by atoms with Crippen LogP contribution in [0.3, 0.4) is 0 Å². The largest absolute Gasteiger partial charge is 0.462 e. The summed E-state index contributed by atoms with van der Waals surface area (Å²) in [6.07, 6.45) is 0. The second-order valence-corrected chi connectivity index (χ2v) is 3.65. The molecule has 94 valence electrons. The predicted octanol–water partition coefficient (Wildman–Crippen LogP) is 0.480. The number of nitrogens with zero attached hydrogens (tertiary/aromatic N) is 3. The van der Waals surface area contributed by atoms with Gasteiger partial charge < -0.3 is 15.4 Å². The van der Waals surface area contributed by atoms with Crippen LogP contribution in [0.2, 0.25) is 0 Å². The van der Waals surface area contributed by atoms with Gasteiger partial charge in [-0.05, 0) is 13.8 Å². The fraction of sp³-hybridized carbons (Fsp3) is 0.500. The molecule has 0 aliphatic rings. The van der Waals surface area contributed by atoms with Gasteiger partial charge in [0, 0.05) is 14.1 Å². The zero-order valence-corrected chi connectivity index (χ0v) is 10.4. The summed E-state index contributed by atoms with van der Waals surface area (Å²) in [7, 11) is 3.14. The molecule has 0 saturated heterocycles. The fourth-order valence-electron chi connectivity index (χ4n) is 1.34. The van der Waals surface area contributed by atoms with Gasteiger partial charge in [-0.25, -0.2) is 9.59 Å².